The maximum atomic E-state index is 13.5. The Balaban J connectivity index is 1.13. The molecule has 6 aromatic rings. The Bertz CT molecular complexity index is 2130. The van der Waals surface area contributed by atoms with Gasteiger partial charge < -0.3 is 24.9 Å². The Morgan fingerprint density at radius 3 is 2.25 bits per heavy atom. The molecule has 0 saturated heterocycles. The van der Waals surface area contributed by atoms with E-state index in [1.54, 1.807) is 60.7 Å². The Morgan fingerprint density at radius 1 is 0.812 bits per heavy atom. The van der Waals surface area contributed by atoms with Crippen LogP contribution in [0.2, 0.25) is 0 Å². The number of phenolic OH excluding ortho intramolecular Hbond substituents is 1. The lowest BCUT2D eigenvalue weighted by Crippen LogP contribution is -2.30. The van der Waals surface area contributed by atoms with E-state index in [0.717, 1.165) is 15.8 Å². The molecule has 0 aliphatic rings. The molecule has 2 amide bonds. The van der Waals surface area contributed by atoms with Crippen LogP contribution in [0.5, 0.6) is 11.5 Å². The van der Waals surface area contributed by atoms with Gasteiger partial charge in [0.1, 0.15) is 29.4 Å². The molecule has 0 unspecified atom stereocenters. The number of hydrogen-bond donors (Lipinski definition) is 3. The van der Waals surface area contributed by atoms with Gasteiger partial charge >= 0.3 is 5.63 Å². The number of ether oxygens (including phenoxy) is 1. The first-order valence-electron chi connectivity index (χ1n) is 15.0. The zero-order chi connectivity index (χ0) is 33.3. The summed E-state index contributed by atoms with van der Waals surface area (Å²) in [7, 11) is 0. The molecule has 48 heavy (non-hydrogen) atoms. The van der Waals surface area contributed by atoms with Crippen LogP contribution in [0.1, 0.15) is 27.0 Å². The Hall–Kier alpha value is -6.06. The highest BCUT2D eigenvalue weighted by Crippen LogP contribution is 2.26. The first-order chi connectivity index (χ1) is 23.4. The molecule has 0 bridgehead atoms. The number of anilines is 1. The van der Waals surface area contributed by atoms with E-state index in [9.17, 15) is 19.5 Å². The fourth-order valence-electron chi connectivity index (χ4n) is 4.75. The van der Waals surface area contributed by atoms with E-state index in [4.69, 9.17) is 9.15 Å². The Morgan fingerprint density at radius 2 is 1.52 bits per heavy atom. The minimum atomic E-state index is -0.496. The summed E-state index contributed by atoms with van der Waals surface area (Å²) in [5.74, 6) is 0.167. The number of hydrogen-bond acceptors (Lipinski definition) is 7. The first-order valence-corrected chi connectivity index (χ1v) is 16.0. The predicted molar refractivity (Wildman–Crippen MR) is 188 cm³/mol. The highest BCUT2D eigenvalue weighted by molar-refractivity contribution is 7.98. The second-order valence-corrected chi connectivity index (χ2v) is 11.8. The molecule has 5 aromatic carbocycles. The number of amides is 2. The van der Waals surface area contributed by atoms with E-state index in [-0.39, 0.29) is 11.4 Å². The smallest absolute Gasteiger partial charge is 0.340 e. The fraction of sp³-hybridized carbons (Fsp3) is 0.0513. The monoisotopic (exact) mass is 654 g/mol. The molecule has 0 aliphatic heterocycles. The summed E-state index contributed by atoms with van der Waals surface area (Å²) in [6.07, 6.45) is 1.61. The molecule has 0 fully saturated rings. The molecule has 1 heterocycles. The zero-order valence-corrected chi connectivity index (χ0v) is 26.4. The van der Waals surface area contributed by atoms with Gasteiger partial charge in [0.2, 0.25) is 0 Å². The molecule has 6 rings (SSSR count). The summed E-state index contributed by atoms with van der Waals surface area (Å²) in [5, 5.41) is 16.0. The van der Waals surface area contributed by atoms with Crippen LogP contribution < -0.4 is 21.0 Å². The number of benzene rings is 5. The van der Waals surface area contributed by atoms with Crippen LogP contribution in [0.15, 0.2) is 153 Å². The molecular formula is C39H30N2O6S. The van der Waals surface area contributed by atoms with E-state index < -0.39 is 17.4 Å². The molecule has 0 saturated carbocycles. The van der Waals surface area contributed by atoms with Crippen LogP contribution in [0, 0.1) is 0 Å². The van der Waals surface area contributed by atoms with Gasteiger partial charge in [-0.2, -0.15) is 0 Å². The number of phenols is 1. The minimum Gasteiger partial charge on any atom is -0.508 e. The van der Waals surface area contributed by atoms with Crippen molar-refractivity contribution < 1.29 is 23.8 Å². The van der Waals surface area contributed by atoms with Crippen molar-refractivity contribution in [2.24, 2.45) is 0 Å². The largest absolute Gasteiger partial charge is 0.508 e. The van der Waals surface area contributed by atoms with Crippen molar-refractivity contribution in [2.45, 2.75) is 17.3 Å². The van der Waals surface area contributed by atoms with E-state index in [2.05, 4.69) is 10.6 Å². The maximum Gasteiger partial charge on any atom is 0.340 e. The van der Waals surface area contributed by atoms with Crippen LogP contribution in [-0.2, 0) is 17.2 Å². The highest BCUT2D eigenvalue weighted by atomic mass is 32.2. The van der Waals surface area contributed by atoms with Crippen LogP contribution in [0.3, 0.4) is 0 Å². The first kappa shape index (κ1) is 31.9. The summed E-state index contributed by atoms with van der Waals surface area (Å²) in [5.41, 5.74) is 3.12. The number of thioether (sulfide) groups is 1. The summed E-state index contributed by atoms with van der Waals surface area (Å²) in [4.78, 5) is 39.8. The van der Waals surface area contributed by atoms with E-state index in [0.29, 0.717) is 46.1 Å². The highest BCUT2D eigenvalue weighted by Gasteiger charge is 2.15. The van der Waals surface area contributed by atoms with E-state index >= 15 is 0 Å². The zero-order valence-electron chi connectivity index (χ0n) is 25.6. The van der Waals surface area contributed by atoms with Gasteiger partial charge in [0, 0.05) is 38.9 Å². The lowest BCUT2D eigenvalue weighted by molar-refractivity contribution is -0.113. The molecule has 0 aliphatic carbocycles. The maximum absolute atomic E-state index is 13.5. The van der Waals surface area contributed by atoms with Crippen molar-refractivity contribution in [3.8, 4) is 11.5 Å². The topological polar surface area (TPSA) is 118 Å². The van der Waals surface area contributed by atoms with Gasteiger partial charge in [-0.25, -0.2) is 4.79 Å². The van der Waals surface area contributed by atoms with Crippen LogP contribution in [0.4, 0.5) is 5.69 Å². The van der Waals surface area contributed by atoms with Gasteiger partial charge in [-0.05, 0) is 83.9 Å². The number of aromatic hydroxyl groups is 1. The van der Waals surface area contributed by atoms with Crippen LogP contribution in [0.25, 0.3) is 17.0 Å². The van der Waals surface area contributed by atoms with Crippen molar-refractivity contribution in [1.29, 1.82) is 0 Å². The summed E-state index contributed by atoms with van der Waals surface area (Å²) in [6, 6.07) is 39.3. The van der Waals surface area contributed by atoms with Gasteiger partial charge in [-0.15, -0.1) is 11.8 Å². The molecule has 0 spiro atoms. The third-order valence-corrected chi connectivity index (χ3v) is 8.33. The predicted octanol–water partition coefficient (Wildman–Crippen LogP) is 7.78. The average Bonchev–Trinajstić information content (AvgIpc) is 3.11. The van der Waals surface area contributed by atoms with Gasteiger partial charge in [-0.1, -0.05) is 60.7 Å². The van der Waals surface area contributed by atoms with Gasteiger partial charge in [0.15, 0.2) is 0 Å². The van der Waals surface area contributed by atoms with Gasteiger partial charge in [-0.3, -0.25) is 9.59 Å². The van der Waals surface area contributed by atoms with E-state index in [1.807, 2.05) is 72.8 Å². The number of nitrogens with one attached hydrogen (secondary N) is 2. The standard InChI is InChI=1S/C39H30N2O6S/c42-32-16-13-29-22-30(39(45)47-36(29)23-32)25-48-34-19-14-31(15-20-34)40-38(44)35(41-37(43)28-9-5-2-6-10-28)21-26-11-17-33(18-12-26)46-24-27-7-3-1-4-8-27/h1-23,42H,24-25H2,(H,40,44)(H,41,43)/b35-21-. The molecule has 238 valence electrons. The number of rotatable bonds is 11. The lowest BCUT2D eigenvalue weighted by Gasteiger charge is -2.12. The van der Waals surface area contributed by atoms with Gasteiger partial charge in [0.05, 0.1) is 0 Å². The number of carbonyl (C=O) groups excluding carboxylic acids is 2. The lowest BCUT2D eigenvalue weighted by atomic mass is 10.1. The van der Waals surface area contributed by atoms with Crippen molar-refractivity contribution in [3.63, 3.8) is 0 Å². The van der Waals surface area contributed by atoms with E-state index in [1.165, 1.54) is 17.8 Å². The molecular weight excluding hydrogens is 625 g/mol. The van der Waals surface area contributed by atoms with Crippen LogP contribution >= 0.6 is 11.8 Å². The molecule has 0 atom stereocenters. The summed E-state index contributed by atoms with van der Waals surface area (Å²) < 4.78 is 11.2. The summed E-state index contributed by atoms with van der Waals surface area (Å²) >= 11 is 1.44. The number of fused-ring (bicyclic) bond motifs is 1. The Labute approximate surface area is 280 Å². The number of carbonyl (C=O) groups is 2. The third kappa shape index (κ3) is 8.39. The fourth-order valence-corrected chi connectivity index (χ4v) is 5.60. The quantitative estimate of drug-likeness (QED) is 0.0742. The summed E-state index contributed by atoms with van der Waals surface area (Å²) in [6.45, 7) is 0.430. The molecule has 1 aromatic heterocycles. The Kier molecular flexibility index (Phi) is 9.98. The van der Waals surface area contributed by atoms with Crippen LogP contribution in [-0.4, -0.2) is 16.9 Å². The van der Waals surface area contributed by atoms with Crippen molar-refractivity contribution in [3.05, 3.63) is 172 Å². The molecule has 9 heteroatoms. The SMILES string of the molecule is O=C(Nc1ccc(SCc2cc3ccc(O)cc3oc2=O)cc1)/C(=C/c1ccc(OCc2ccccc2)cc1)NC(=O)c1ccccc1. The molecule has 3 N–H and O–H groups in total. The second kappa shape index (κ2) is 15.0. The van der Waals surface area contributed by atoms with Gasteiger partial charge in [0.25, 0.3) is 11.8 Å². The molecule has 0 radical (unpaired) electrons. The third-order valence-electron chi connectivity index (χ3n) is 7.27. The minimum absolute atomic E-state index is 0.0278. The normalized spacial score (nSPS) is 11.2. The average molecular weight is 655 g/mol. The molecule has 8 nitrogen and oxygen atoms in total. The van der Waals surface area contributed by atoms with Crippen molar-refractivity contribution in [1.82, 2.24) is 5.32 Å². The second-order valence-electron chi connectivity index (χ2n) is 10.8. The van der Waals surface area contributed by atoms with Crippen molar-refractivity contribution in [2.75, 3.05) is 5.32 Å². The van der Waals surface area contributed by atoms with Crippen molar-refractivity contribution >= 4 is 46.3 Å².